The van der Waals surface area contributed by atoms with E-state index in [1.54, 1.807) is 38.5 Å². The average Bonchev–Trinajstić information content (AvgIpc) is 3.54. The number of benzene rings is 3. The quantitative estimate of drug-likeness (QED) is 0.331. The van der Waals surface area contributed by atoms with E-state index in [9.17, 15) is 9.59 Å². The van der Waals surface area contributed by atoms with Crippen molar-refractivity contribution in [1.29, 1.82) is 0 Å². The smallest absolute Gasteiger partial charge is 0.238 e. The Bertz CT molecular complexity index is 1340. The molecule has 6 heteroatoms. The van der Waals surface area contributed by atoms with Gasteiger partial charge in [-0.2, -0.15) is 0 Å². The van der Waals surface area contributed by atoms with Gasteiger partial charge in [-0.05, 0) is 58.7 Å². The summed E-state index contributed by atoms with van der Waals surface area (Å²) in [5.41, 5.74) is 4.63. The summed E-state index contributed by atoms with van der Waals surface area (Å²) in [6.07, 6.45) is 4.19. The predicted octanol–water partition coefficient (Wildman–Crippen LogP) is 5.78. The number of hydrogen-bond donors (Lipinski definition) is 0. The van der Waals surface area contributed by atoms with E-state index in [4.69, 9.17) is 21.1 Å². The van der Waals surface area contributed by atoms with Crippen LogP contribution in [-0.4, -0.2) is 26.0 Å². The summed E-state index contributed by atoms with van der Waals surface area (Å²) < 4.78 is 10.7. The third-order valence-electron chi connectivity index (χ3n) is 7.56. The van der Waals surface area contributed by atoms with E-state index in [0.717, 1.165) is 33.8 Å². The van der Waals surface area contributed by atoms with Gasteiger partial charge in [-0.15, -0.1) is 0 Å². The molecule has 2 bridgehead atoms. The Balaban J connectivity index is 1.48. The molecule has 1 aliphatic heterocycles. The predicted molar refractivity (Wildman–Crippen MR) is 139 cm³/mol. The maximum atomic E-state index is 13.7. The second-order valence-electron chi connectivity index (χ2n) is 9.24. The number of anilines is 1. The van der Waals surface area contributed by atoms with Crippen LogP contribution in [0.4, 0.5) is 5.69 Å². The van der Waals surface area contributed by atoms with Crippen LogP contribution in [0.15, 0.2) is 90.5 Å². The Morgan fingerprint density at radius 1 is 0.722 bits per heavy atom. The molecule has 180 valence electrons. The highest BCUT2D eigenvalue weighted by Gasteiger charge is 2.62. The van der Waals surface area contributed by atoms with Crippen molar-refractivity contribution in [2.45, 2.75) is 0 Å². The summed E-state index contributed by atoms with van der Waals surface area (Å²) >= 11 is 6.38. The summed E-state index contributed by atoms with van der Waals surface area (Å²) in [5, 5.41) is 0.396. The zero-order valence-electron chi connectivity index (χ0n) is 19.9. The highest BCUT2D eigenvalue weighted by Crippen LogP contribution is 2.59. The van der Waals surface area contributed by atoms with Crippen molar-refractivity contribution in [3.05, 3.63) is 107 Å². The van der Waals surface area contributed by atoms with Gasteiger partial charge in [-0.3, -0.25) is 9.59 Å². The average molecular weight is 498 g/mol. The Kier molecular flexibility index (Phi) is 5.45. The standard InChI is InChI=1S/C30H24ClNO4/c1-35-19-11-7-17(8-12-19)25(18-9-13-20(36-2)14-10-18)26-21-15-16-22(26)28-27(21)29(33)32(30(28)34)24-6-4-3-5-23(24)31/h3-16,21-22,27-28H,1-2H3. The number of carbonyl (C=O) groups excluding carboxylic acids is 2. The van der Waals surface area contributed by atoms with Gasteiger partial charge >= 0.3 is 0 Å². The molecule has 0 aromatic heterocycles. The van der Waals surface area contributed by atoms with Crippen LogP contribution >= 0.6 is 11.6 Å². The molecule has 0 radical (unpaired) electrons. The molecule has 0 N–H and O–H groups in total. The van der Waals surface area contributed by atoms with Crippen molar-refractivity contribution in [2.75, 3.05) is 19.1 Å². The number of carbonyl (C=O) groups is 2. The van der Waals surface area contributed by atoms with Gasteiger partial charge < -0.3 is 9.47 Å². The monoisotopic (exact) mass is 497 g/mol. The second kappa shape index (κ2) is 8.68. The van der Waals surface area contributed by atoms with Gasteiger partial charge in [0, 0.05) is 11.8 Å². The Morgan fingerprint density at radius 3 is 1.64 bits per heavy atom. The maximum absolute atomic E-state index is 13.7. The van der Waals surface area contributed by atoms with Crippen LogP contribution in [0.2, 0.25) is 5.02 Å². The number of allylic oxidation sites excluding steroid dienone is 3. The minimum atomic E-state index is -0.440. The first-order valence-electron chi connectivity index (χ1n) is 11.9. The van der Waals surface area contributed by atoms with Gasteiger partial charge in [0.05, 0.1) is 36.8 Å². The molecule has 2 amide bonds. The Hall–Kier alpha value is -3.83. The number of methoxy groups -OCH3 is 2. The molecule has 1 saturated heterocycles. The van der Waals surface area contributed by atoms with Gasteiger partial charge in [0.2, 0.25) is 11.8 Å². The molecular formula is C30H24ClNO4. The number of nitrogens with zero attached hydrogens (tertiary/aromatic N) is 1. The van der Waals surface area contributed by atoms with Crippen molar-refractivity contribution >= 4 is 34.7 Å². The molecule has 4 atom stereocenters. The number of ether oxygens (including phenoxy) is 2. The van der Waals surface area contributed by atoms with Crippen LogP contribution in [0.1, 0.15) is 11.1 Å². The van der Waals surface area contributed by atoms with Crippen molar-refractivity contribution in [3.63, 3.8) is 0 Å². The number of halogens is 1. The lowest BCUT2D eigenvalue weighted by Gasteiger charge is -2.22. The van der Waals surface area contributed by atoms with Crippen LogP contribution in [0.25, 0.3) is 5.57 Å². The molecule has 36 heavy (non-hydrogen) atoms. The number of hydrogen-bond acceptors (Lipinski definition) is 4. The first kappa shape index (κ1) is 22.6. The van der Waals surface area contributed by atoms with Crippen LogP contribution in [0, 0.1) is 23.7 Å². The number of imide groups is 1. The molecule has 1 saturated carbocycles. The number of para-hydroxylation sites is 1. The fraction of sp³-hybridized carbons (Fsp3) is 0.200. The number of fused-ring (bicyclic) bond motifs is 5. The van der Waals surface area contributed by atoms with E-state index < -0.39 is 11.8 Å². The van der Waals surface area contributed by atoms with E-state index in [2.05, 4.69) is 12.2 Å². The van der Waals surface area contributed by atoms with Gasteiger partial charge in [-0.25, -0.2) is 4.90 Å². The second-order valence-corrected chi connectivity index (χ2v) is 9.65. The van der Waals surface area contributed by atoms with E-state index >= 15 is 0 Å². The number of rotatable bonds is 5. The molecule has 0 spiro atoms. The topological polar surface area (TPSA) is 55.8 Å². The van der Waals surface area contributed by atoms with Crippen LogP contribution < -0.4 is 14.4 Å². The first-order chi connectivity index (χ1) is 17.5. The summed E-state index contributed by atoms with van der Waals surface area (Å²) in [5.74, 6) is -0.0414. The Labute approximate surface area is 214 Å². The molecule has 3 aliphatic rings. The van der Waals surface area contributed by atoms with Crippen molar-refractivity contribution in [3.8, 4) is 11.5 Å². The molecule has 3 aromatic rings. The summed E-state index contributed by atoms with van der Waals surface area (Å²) in [7, 11) is 3.28. The van der Waals surface area contributed by atoms with E-state index in [0.29, 0.717) is 10.7 Å². The van der Waals surface area contributed by atoms with Crippen molar-refractivity contribution in [2.24, 2.45) is 23.7 Å². The van der Waals surface area contributed by atoms with Crippen molar-refractivity contribution < 1.29 is 19.1 Å². The van der Waals surface area contributed by atoms with E-state index in [-0.39, 0.29) is 23.7 Å². The van der Waals surface area contributed by atoms with Crippen LogP contribution in [-0.2, 0) is 9.59 Å². The van der Waals surface area contributed by atoms with Crippen LogP contribution in [0.5, 0.6) is 11.5 Å². The maximum Gasteiger partial charge on any atom is 0.238 e. The number of amides is 2. The molecule has 5 nitrogen and oxygen atoms in total. The normalized spacial score (nSPS) is 23.9. The minimum Gasteiger partial charge on any atom is -0.497 e. The SMILES string of the molecule is COc1ccc(C(=C2C3C=CC2C2C(=O)N(c4ccccc4Cl)C(=O)C32)c2ccc(OC)cc2)cc1. The summed E-state index contributed by atoms with van der Waals surface area (Å²) in [4.78, 5) is 28.7. The highest BCUT2D eigenvalue weighted by molar-refractivity contribution is 6.36. The highest BCUT2D eigenvalue weighted by atomic mass is 35.5. The minimum absolute atomic E-state index is 0.164. The lowest BCUT2D eigenvalue weighted by atomic mass is 9.85. The molecule has 4 unspecified atom stereocenters. The lowest BCUT2D eigenvalue weighted by molar-refractivity contribution is -0.122. The lowest BCUT2D eigenvalue weighted by Crippen LogP contribution is -2.33. The summed E-state index contributed by atoms with van der Waals surface area (Å²) in [6, 6.07) is 22.8. The Morgan fingerprint density at radius 2 is 1.19 bits per heavy atom. The van der Waals surface area contributed by atoms with Gasteiger partial charge in [0.1, 0.15) is 11.5 Å². The fourth-order valence-electron chi connectivity index (χ4n) is 5.98. The zero-order valence-corrected chi connectivity index (χ0v) is 20.6. The van der Waals surface area contributed by atoms with Crippen LogP contribution in [0.3, 0.4) is 0 Å². The fourth-order valence-corrected chi connectivity index (χ4v) is 6.20. The van der Waals surface area contributed by atoms with E-state index in [1.807, 2.05) is 48.5 Å². The largest absolute Gasteiger partial charge is 0.497 e. The first-order valence-corrected chi connectivity index (χ1v) is 12.2. The molecule has 1 heterocycles. The molecular weight excluding hydrogens is 474 g/mol. The van der Waals surface area contributed by atoms with Gasteiger partial charge in [0.25, 0.3) is 0 Å². The molecule has 2 aliphatic carbocycles. The summed E-state index contributed by atoms with van der Waals surface area (Å²) in [6.45, 7) is 0. The zero-order chi connectivity index (χ0) is 25.0. The van der Waals surface area contributed by atoms with E-state index in [1.165, 1.54) is 4.90 Å². The molecule has 6 rings (SSSR count). The van der Waals surface area contributed by atoms with Crippen molar-refractivity contribution in [1.82, 2.24) is 0 Å². The van der Waals surface area contributed by atoms with Gasteiger partial charge in [-0.1, -0.05) is 60.2 Å². The van der Waals surface area contributed by atoms with Gasteiger partial charge in [0.15, 0.2) is 0 Å². The molecule has 3 aromatic carbocycles. The third kappa shape index (κ3) is 3.30. The molecule has 2 fully saturated rings. The third-order valence-corrected chi connectivity index (χ3v) is 7.87.